The van der Waals surface area contributed by atoms with Gasteiger partial charge < -0.3 is 10.6 Å². The Kier molecular flexibility index (Phi) is 2.06. The van der Waals surface area contributed by atoms with E-state index in [4.69, 9.17) is 0 Å². The highest BCUT2D eigenvalue weighted by Gasteiger charge is 2.50. The van der Waals surface area contributed by atoms with Crippen LogP contribution in [0.2, 0.25) is 0 Å². The second kappa shape index (κ2) is 2.98. The van der Waals surface area contributed by atoms with Crippen molar-refractivity contribution in [2.24, 2.45) is 11.3 Å². The molecule has 1 aliphatic heterocycles. The first-order valence-corrected chi connectivity index (χ1v) is 5.11. The van der Waals surface area contributed by atoms with Crippen molar-refractivity contribution in [3.05, 3.63) is 0 Å². The monoisotopic (exact) mass is 182 g/mol. The highest BCUT2D eigenvalue weighted by atomic mass is 16.2. The van der Waals surface area contributed by atoms with E-state index in [1.807, 2.05) is 0 Å². The Hall–Kier alpha value is -0.570. The normalized spacial score (nSPS) is 35.8. The molecule has 13 heavy (non-hydrogen) atoms. The van der Waals surface area contributed by atoms with Gasteiger partial charge in [0, 0.05) is 18.5 Å². The fourth-order valence-corrected chi connectivity index (χ4v) is 1.99. The number of amides is 1. The Morgan fingerprint density at radius 2 is 2.23 bits per heavy atom. The molecule has 74 valence electrons. The molecule has 0 aromatic heterocycles. The van der Waals surface area contributed by atoms with Gasteiger partial charge in [-0.3, -0.25) is 4.79 Å². The second-order valence-corrected chi connectivity index (χ2v) is 4.94. The zero-order valence-electron chi connectivity index (χ0n) is 8.39. The molecular weight excluding hydrogens is 164 g/mol. The minimum absolute atomic E-state index is 0.260. The van der Waals surface area contributed by atoms with Gasteiger partial charge in [0.2, 0.25) is 5.91 Å². The summed E-state index contributed by atoms with van der Waals surface area (Å²) in [5.74, 6) is 0.534. The second-order valence-electron chi connectivity index (χ2n) is 4.94. The van der Waals surface area contributed by atoms with E-state index >= 15 is 0 Å². The topological polar surface area (TPSA) is 41.1 Å². The first kappa shape index (κ1) is 9.00. The molecule has 1 saturated heterocycles. The van der Waals surface area contributed by atoms with Crippen LogP contribution in [0.3, 0.4) is 0 Å². The number of carbonyl (C=O) groups is 1. The summed E-state index contributed by atoms with van der Waals surface area (Å²) in [5, 5.41) is 6.34. The summed E-state index contributed by atoms with van der Waals surface area (Å²) in [4.78, 5) is 11.6. The van der Waals surface area contributed by atoms with Crippen LogP contribution in [-0.4, -0.2) is 25.0 Å². The summed E-state index contributed by atoms with van der Waals surface area (Å²) in [6, 6.07) is 0.379. The van der Waals surface area contributed by atoms with Gasteiger partial charge in [-0.15, -0.1) is 0 Å². The average molecular weight is 182 g/mol. The third-order valence-electron chi connectivity index (χ3n) is 3.24. The van der Waals surface area contributed by atoms with Crippen LogP contribution in [0.15, 0.2) is 0 Å². The number of rotatable bonds is 2. The molecule has 2 aliphatic rings. The predicted octanol–water partition coefficient (Wildman–Crippen LogP) is 0.511. The highest BCUT2D eigenvalue weighted by molar-refractivity contribution is 5.82. The number of hydrogen-bond acceptors (Lipinski definition) is 2. The molecule has 0 aromatic rings. The van der Waals surface area contributed by atoms with Crippen molar-refractivity contribution in [3.63, 3.8) is 0 Å². The van der Waals surface area contributed by atoms with Crippen LogP contribution < -0.4 is 10.6 Å². The van der Waals surface area contributed by atoms with Gasteiger partial charge in [0.1, 0.15) is 0 Å². The third kappa shape index (κ3) is 1.85. The minimum Gasteiger partial charge on any atom is -0.352 e. The van der Waals surface area contributed by atoms with Crippen molar-refractivity contribution in [3.8, 4) is 0 Å². The molecule has 0 unspecified atom stereocenters. The number of nitrogens with one attached hydrogen (secondary N) is 2. The lowest BCUT2D eigenvalue weighted by Crippen LogP contribution is -2.37. The van der Waals surface area contributed by atoms with Crippen molar-refractivity contribution >= 4 is 5.91 Å². The van der Waals surface area contributed by atoms with Gasteiger partial charge in [0.25, 0.3) is 0 Å². The van der Waals surface area contributed by atoms with Gasteiger partial charge in [-0.05, 0) is 24.8 Å². The van der Waals surface area contributed by atoms with Crippen LogP contribution in [0.4, 0.5) is 0 Å². The fraction of sp³-hybridized carbons (Fsp3) is 0.900. The van der Waals surface area contributed by atoms with Crippen LogP contribution in [0.1, 0.15) is 26.7 Å². The van der Waals surface area contributed by atoms with E-state index in [-0.39, 0.29) is 17.2 Å². The molecule has 2 fully saturated rings. The lowest BCUT2D eigenvalue weighted by atomic mass is 10.1. The molecule has 1 amide bonds. The van der Waals surface area contributed by atoms with Crippen molar-refractivity contribution < 1.29 is 4.79 Å². The third-order valence-corrected chi connectivity index (χ3v) is 3.24. The maximum Gasteiger partial charge on any atom is 0.223 e. The van der Waals surface area contributed by atoms with Crippen LogP contribution in [0, 0.1) is 11.3 Å². The SMILES string of the molecule is CC1(C)C[C@H]1C(=O)N[C@@H]1CCNC1. The zero-order valence-corrected chi connectivity index (χ0v) is 8.39. The van der Waals surface area contributed by atoms with Crippen LogP contribution >= 0.6 is 0 Å². The summed E-state index contributed by atoms with van der Waals surface area (Å²) >= 11 is 0. The maximum atomic E-state index is 11.6. The lowest BCUT2D eigenvalue weighted by molar-refractivity contribution is -0.123. The molecule has 1 heterocycles. The molecule has 3 nitrogen and oxygen atoms in total. The van der Waals surface area contributed by atoms with Gasteiger partial charge in [0.05, 0.1) is 0 Å². The van der Waals surface area contributed by atoms with Gasteiger partial charge in [-0.25, -0.2) is 0 Å². The summed E-state index contributed by atoms with van der Waals surface area (Å²) < 4.78 is 0. The molecule has 2 atom stereocenters. The summed E-state index contributed by atoms with van der Waals surface area (Å²) in [7, 11) is 0. The Morgan fingerprint density at radius 3 is 2.69 bits per heavy atom. The Balaban J connectivity index is 1.79. The van der Waals surface area contributed by atoms with Crippen molar-refractivity contribution in [1.82, 2.24) is 10.6 Å². The van der Waals surface area contributed by atoms with Crippen molar-refractivity contribution in [2.45, 2.75) is 32.7 Å². The van der Waals surface area contributed by atoms with Crippen LogP contribution in [-0.2, 0) is 4.79 Å². The molecule has 1 aliphatic carbocycles. The fourth-order valence-electron chi connectivity index (χ4n) is 1.99. The smallest absolute Gasteiger partial charge is 0.223 e. The van der Waals surface area contributed by atoms with E-state index in [0.717, 1.165) is 25.9 Å². The molecular formula is C10H18N2O. The molecule has 0 bridgehead atoms. The number of carbonyl (C=O) groups excluding carboxylic acids is 1. The predicted molar refractivity (Wildman–Crippen MR) is 51.3 cm³/mol. The summed E-state index contributed by atoms with van der Waals surface area (Å²) in [5.41, 5.74) is 0.260. The van der Waals surface area contributed by atoms with Gasteiger partial charge in [0.15, 0.2) is 0 Å². The lowest BCUT2D eigenvalue weighted by Gasteiger charge is -2.11. The highest BCUT2D eigenvalue weighted by Crippen LogP contribution is 2.51. The molecule has 0 radical (unpaired) electrons. The van der Waals surface area contributed by atoms with E-state index < -0.39 is 0 Å². The molecule has 1 saturated carbocycles. The van der Waals surface area contributed by atoms with Crippen molar-refractivity contribution in [1.29, 1.82) is 0 Å². The standard InChI is InChI=1S/C10H18N2O/c1-10(2)5-8(10)9(13)12-7-3-4-11-6-7/h7-8,11H,3-6H2,1-2H3,(H,12,13)/t7-,8+/m1/s1. The van der Waals surface area contributed by atoms with E-state index in [1.165, 1.54) is 0 Å². The van der Waals surface area contributed by atoms with Gasteiger partial charge >= 0.3 is 0 Å². The average Bonchev–Trinajstić information content (AvgIpc) is 2.49. The largest absolute Gasteiger partial charge is 0.352 e. The van der Waals surface area contributed by atoms with Crippen LogP contribution in [0.25, 0.3) is 0 Å². The summed E-state index contributed by atoms with van der Waals surface area (Å²) in [6.07, 6.45) is 2.14. The van der Waals surface area contributed by atoms with E-state index in [1.54, 1.807) is 0 Å². The molecule has 2 N–H and O–H groups in total. The van der Waals surface area contributed by atoms with Crippen molar-refractivity contribution in [2.75, 3.05) is 13.1 Å². The first-order valence-electron chi connectivity index (χ1n) is 5.11. The zero-order chi connectivity index (χ0) is 9.47. The number of hydrogen-bond donors (Lipinski definition) is 2. The molecule has 0 aromatic carbocycles. The van der Waals surface area contributed by atoms with Crippen LogP contribution in [0.5, 0.6) is 0 Å². The van der Waals surface area contributed by atoms with E-state index in [9.17, 15) is 4.79 Å². The molecule has 0 spiro atoms. The maximum absolute atomic E-state index is 11.6. The van der Waals surface area contributed by atoms with E-state index in [0.29, 0.717) is 6.04 Å². The first-order chi connectivity index (χ1) is 6.09. The molecule has 2 rings (SSSR count). The van der Waals surface area contributed by atoms with E-state index in [2.05, 4.69) is 24.5 Å². The molecule has 3 heteroatoms. The van der Waals surface area contributed by atoms with Gasteiger partial charge in [-0.2, -0.15) is 0 Å². The summed E-state index contributed by atoms with van der Waals surface area (Å²) in [6.45, 7) is 6.30. The Bertz CT molecular complexity index is 219. The Morgan fingerprint density at radius 1 is 1.54 bits per heavy atom. The van der Waals surface area contributed by atoms with Gasteiger partial charge in [-0.1, -0.05) is 13.8 Å². The Labute approximate surface area is 79.3 Å². The minimum atomic E-state index is 0.260. The quantitative estimate of drug-likeness (QED) is 0.653.